The van der Waals surface area contributed by atoms with Crippen LogP contribution in [0.2, 0.25) is 0 Å². The maximum absolute atomic E-state index is 11.9. The lowest BCUT2D eigenvalue weighted by molar-refractivity contribution is -0.116. The van der Waals surface area contributed by atoms with Gasteiger partial charge in [-0.15, -0.1) is 10.2 Å². The molecule has 1 aliphatic heterocycles. The summed E-state index contributed by atoms with van der Waals surface area (Å²) < 4.78 is 11.2. The third kappa shape index (κ3) is 4.75. The number of ether oxygens (including phenoxy) is 2. The molecule has 1 aliphatic rings. The number of carbonyl (C=O) groups is 1. The van der Waals surface area contributed by atoms with Gasteiger partial charge in [0.05, 0.1) is 6.61 Å². The second-order valence-electron chi connectivity index (χ2n) is 5.76. The Balaban J connectivity index is 1.37. The average Bonchev–Trinajstić information content (AvgIpc) is 3.24. The minimum atomic E-state index is -0.0717. The fourth-order valence-corrected chi connectivity index (χ4v) is 3.27. The number of hydrogen-bond donors (Lipinski definition) is 1. The van der Waals surface area contributed by atoms with E-state index in [0.29, 0.717) is 24.6 Å². The summed E-state index contributed by atoms with van der Waals surface area (Å²) in [4.78, 5) is 11.9. The van der Waals surface area contributed by atoms with E-state index in [4.69, 9.17) is 9.47 Å². The van der Waals surface area contributed by atoms with E-state index in [1.165, 1.54) is 16.9 Å². The first kappa shape index (κ1) is 16.9. The minimum absolute atomic E-state index is 0.0380. The summed E-state index contributed by atoms with van der Waals surface area (Å²) in [5.41, 5.74) is 1.20. The van der Waals surface area contributed by atoms with E-state index >= 15 is 0 Å². The predicted molar refractivity (Wildman–Crippen MR) is 92.4 cm³/mol. The molecule has 1 atom stereocenters. The molecule has 1 aromatic heterocycles. The normalized spacial score (nSPS) is 17.0. The van der Waals surface area contributed by atoms with Crippen LogP contribution in [0.25, 0.3) is 0 Å². The Bertz CT molecular complexity index is 666. The zero-order valence-corrected chi connectivity index (χ0v) is 14.5. The molecule has 1 aromatic carbocycles. The molecule has 1 N–H and O–H groups in total. The number of benzene rings is 1. The fourth-order valence-electron chi connectivity index (χ4n) is 2.43. The Labute approximate surface area is 145 Å². The third-order valence-electron chi connectivity index (χ3n) is 3.73. The molecule has 2 aromatic rings. The lowest BCUT2D eigenvalue weighted by Crippen LogP contribution is -2.12. The van der Waals surface area contributed by atoms with Crippen molar-refractivity contribution in [2.45, 2.75) is 38.7 Å². The van der Waals surface area contributed by atoms with Gasteiger partial charge in [0.25, 0.3) is 0 Å². The second-order valence-corrected chi connectivity index (χ2v) is 6.77. The van der Waals surface area contributed by atoms with Crippen molar-refractivity contribution in [2.75, 3.05) is 18.5 Å². The Kier molecular flexibility index (Phi) is 5.77. The lowest BCUT2D eigenvalue weighted by atomic mass is 10.2. The smallest absolute Gasteiger partial charge is 0.226 e. The quantitative estimate of drug-likeness (QED) is 0.776. The molecule has 6 nitrogen and oxygen atoms in total. The maximum Gasteiger partial charge on any atom is 0.226 e. The van der Waals surface area contributed by atoms with Gasteiger partial charge in [-0.2, -0.15) is 0 Å². The van der Waals surface area contributed by atoms with Crippen LogP contribution >= 0.6 is 11.3 Å². The van der Waals surface area contributed by atoms with Crippen molar-refractivity contribution >= 4 is 22.4 Å². The number of rotatable bonds is 7. The summed E-state index contributed by atoms with van der Waals surface area (Å²) in [5.74, 6) is 0.754. The van der Waals surface area contributed by atoms with Crippen molar-refractivity contribution in [1.29, 1.82) is 0 Å². The van der Waals surface area contributed by atoms with Crippen LogP contribution in [0.15, 0.2) is 24.3 Å². The van der Waals surface area contributed by atoms with Crippen molar-refractivity contribution in [3.8, 4) is 5.75 Å². The molecule has 0 saturated carbocycles. The number of aryl methyl sites for hydroxylation is 1. The van der Waals surface area contributed by atoms with Crippen LogP contribution in [0, 0.1) is 6.92 Å². The highest BCUT2D eigenvalue weighted by atomic mass is 32.1. The molecule has 1 saturated heterocycles. The van der Waals surface area contributed by atoms with Crippen molar-refractivity contribution in [2.24, 2.45) is 0 Å². The standard InChI is InChI=1S/C17H21N3O3S/c1-12-6-8-13(9-7-12)22-10-3-5-15(21)18-17-20-19-16(24-17)14-4-2-11-23-14/h6-9,14H,2-5,10-11H2,1H3,(H,18,20,21)/t14-/m1/s1. The van der Waals surface area contributed by atoms with Crippen molar-refractivity contribution < 1.29 is 14.3 Å². The average molecular weight is 347 g/mol. The summed E-state index contributed by atoms with van der Waals surface area (Å²) in [6.07, 6.45) is 3.10. The predicted octanol–water partition coefficient (Wildman–Crippen LogP) is 3.50. The van der Waals surface area contributed by atoms with Crippen molar-refractivity contribution in [3.63, 3.8) is 0 Å². The van der Waals surface area contributed by atoms with Gasteiger partial charge in [-0.1, -0.05) is 29.0 Å². The zero-order chi connectivity index (χ0) is 16.8. The van der Waals surface area contributed by atoms with Gasteiger partial charge < -0.3 is 14.8 Å². The molecule has 0 radical (unpaired) electrons. The number of aromatic nitrogens is 2. The number of nitrogens with one attached hydrogen (secondary N) is 1. The highest BCUT2D eigenvalue weighted by Gasteiger charge is 2.22. The second kappa shape index (κ2) is 8.21. The molecule has 3 rings (SSSR count). The Morgan fingerprint density at radius 2 is 2.21 bits per heavy atom. The monoisotopic (exact) mass is 347 g/mol. The molecule has 2 heterocycles. The number of carbonyl (C=O) groups excluding carboxylic acids is 1. The van der Waals surface area contributed by atoms with Crippen molar-refractivity contribution in [1.82, 2.24) is 10.2 Å². The Morgan fingerprint density at radius 3 is 2.96 bits per heavy atom. The molecule has 24 heavy (non-hydrogen) atoms. The van der Waals surface area contributed by atoms with Gasteiger partial charge in [-0.3, -0.25) is 4.79 Å². The molecular formula is C17H21N3O3S. The minimum Gasteiger partial charge on any atom is -0.494 e. The summed E-state index contributed by atoms with van der Waals surface area (Å²) >= 11 is 1.39. The molecular weight excluding hydrogens is 326 g/mol. The summed E-state index contributed by atoms with van der Waals surface area (Å²) in [5, 5.41) is 12.3. The number of amides is 1. The maximum atomic E-state index is 11.9. The van der Waals surface area contributed by atoms with Crippen LogP contribution in [0.3, 0.4) is 0 Å². The van der Waals surface area contributed by atoms with Crippen LogP contribution in [0.5, 0.6) is 5.75 Å². The number of nitrogens with zero attached hydrogens (tertiary/aromatic N) is 2. The van der Waals surface area contributed by atoms with Gasteiger partial charge in [-0.25, -0.2) is 0 Å². The van der Waals surface area contributed by atoms with E-state index in [1.54, 1.807) is 0 Å². The van der Waals surface area contributed by atoms with Crippen LogP contribution < -0.4 is 10.1 Å². The molecule has 7 heteroatoms. The SMILES string of the molecule is Cc1ccc(OCCCC(=O)Nc2nnc([C@H]3CCCO3)s2)cc1. The van der Waals surface area contributed by atoms with Gasteiger partial charge in [-0.05, 0) is 38.3 Å². The van der Waals surface area contributed by atoms with E-state index in [1.807, 2.05) is 31.2 Å². The van der Waals surface area contributed by atoms with E-state index in [9.17, 15) is 4.79 Å². The Morgan fingerprint density at radius 1 is 1.38 bits per heavy atom. The van der Waals surface area contributed by atoms with Crippen LogP contribution in [-0.2, 0) is 9.53 Å². The molecule has 0 aliphatic carbocycles. The van der Waals surface area contributed by atoms with Gasteiger partial charge in [0.15, 0.2) is 0 Å². The molecule has 128 valence electrons. The highest BCUT2D eigenvalue weighted by Crippen LogP contribution is 2.31. The van der Waals surface area contributed by atoms with Crippen LogP contribution in [0.4, 0.5) is 5.13 Å². The van der Waals surface area contributed by atoms with E-state index in [2.05, 4.69) is 15.5 Å². The molecule has 1 fully saturated rings. The van der Waals surface area contributed by atoms with Gasteiger partial charge in [0, 0.05) is 13.0 Å². The van der Waals surface area contributed by atoms with Crippen LogP contribution in [0.1, 0.15) is 42.4 Å². The third-order valence-corrected chi connectivity index (χ3v) is 4.66. The van der Waals surface area contributed by atoms with E-state index in [0.717, 1.165) is 30.2 Å². The first-order valence-corrected chi connectivity index (χ1v) is 8.97. The summed E-state index contributed by atoms with van der Waals surface area (Å²) in [6, 6.07) is 7.87. The zero-order valence-electron chi connectivity index (χ0n) is 13.7. The first-order chi connectivity index (χ1) is 11.7. The summed E-state index contributed by atoms with van der Waals surface area (Å²) in [6.45, 7) is 3.31. The molecule has 1 amide bonds. The van der Waals surface area contributed by atoms with E-state index in [-0.39, 0.29) is 12.0 Å². The van der Waals surface area contributed by atoms with Crippen LogP contribution in [-0.4, -0.2) is 29.3 Å². The van der Waals surface area contributed by atoms with Gasteiger partial charge in [0.1, 0.15) is 16.9 Å². The highest BCUT2D eigenvalue weighted by molar-refractivity contribution is 7.15. The first-order valence-electron chi connectivity index (χ1n) is 8.15. The van der Waals surface area contributed by atoms with Crippen molar-refractivity contribution in [3.05, 3.63) is 34.8 Å². The largest absolute Gasteiger partial charge is 0.494 e. The topological polar surface area (TPSA) is 73.3 Å². The lowest BCUT2D eigenvalue weighted by Gasteiger charge is -2.06. The number of hydrogen-bond acceptors (Lipinski definition) is 6. The Hall–Kier alpha value is -1.99. The van der Waals surface area contributed by atoms with Gasteiger partial charge >= 0.3 is 0 Å². The fraction of sp³-hybridized carbons (Fsp3) is 0.471. The molecule has 0 spiro atoms. The van der Waals surface area contributed by atoms with Gasteiger partial charge in [0.2, 0.25) is 11.0 Å². The summed E-state index contributed by atoms with van der Waals surface area (Å²) in [7, 11) is 0. The van der Waals surface area contributed by atoms with E-state index < -0.39 is 0 Å². The molecule has 0 unspecified atom stereocenters. The number of anilines is 1. The molecule has 0 bridgehead atoms.